The van der Waals surface area contributed by atoms with E-state index >= 15 is 0 Å². The summed E-state index contributed by atoms with van der Waals surface area (Å²) >= 11 is 1.99. The molecule has 2 N–H and O–H groups in total. The lowest BCUT2D eigenvalue weighted by Gasteiger charge is -2.25. The van der Waals surface area contributed by atoms with Gasteiger partial charge in [-0.15, -0.1) is 0 Å². The minimum atomic E-state index is -0.102. The topological polar surface area (TPSA) is 57.8 Å². The third kappa shape index (κ3) is 2.70. The van der Waals surface area contributed by atoms with E-state index in [0.717, 1.165) is 6.42 Å². The number of nitrogens with one attached hydrogen (secondary N) is 2. The summed E-state index contributed by atoms with van der Waals surface area (Å²) in [6.45, 7) is 6.24. The van der Waals surface area contributed by atoms with Crippen LogP contribution in [0.15, 0.2) is 11.1 Å². The van der Waals surface area contributed by atoms with E-state index in [-0.39, 0.29) is 11.1 Å². The lowest BCUT2D eigenvalue weighted by molar-refractivity contribution is 0.544. The van der Waals surface area contributed by atoms with Gasteiger partial charge in [0.25, 0.3) is 5.56 Å². The zero-order valence-electron chi connectivity index (χ0n) is 8.52. The Morgan fingerprint density at radius 3 is 2.86 bits per heavy atom. The smallest absolute Gasteiger partial charge is 0.266 e. The van der Waals surface area contributed by atoms with Crippen molar-refractivity contribution >= 4 is 28.4 Å². The van der Waals surface area contributed by atoms with Crippen LogP contribution in [0, 0.1) is 3.57 Å². The van der Waals surface area contributed by atoms with Gasteiger partial charge >= 0.3 is 0 Å². The Morgan fingerprint density at radius 1 is 1.64 bits per heavy atom. The number of aromatic nitrogens is 2. The van der Waals surface area contributed by atoms with E-state index in [1.54, 1.807) is 0 Å². The van der Waals surface area contributed by atoms with Crippen molar-refractivity contribution in [3.8, 4) is 0 Å². The summed E-state index contributed by atoms with van der Waals surface area (Å²) in [5.41, 5.74) is -0.143. The zero-order valence-corrected chi connectivity index (χ0v) is 10.7. The number of nitrogens with zero attached hydrogens (tertiary/aromatic N) is 1. The first-order valence-corrected chi connectivity index (χ1v) is 5.55. The predicted octanol–water partition coefficient (Wildman–Crippen LogP) is 1.97. The molecule has 1 rings (SSSR count). The van der Waals surface area contributed by atoms with Gasteiger partial charge in [-0.1, -0.05) is 6.92 Å². The van der Waals surface area contributed by atoms with Crippen LogP contribution in [0.4, 0.5) is 5.82 Å². The van der Waals surface area contributed by atoms with Gasteiger partial charge in [0.1, 0.15) is 9.39 Å². The van der Waals surface area contributed by atoms with Gasteiger partial charge in [-0.25, -0.2) is 4.98 Å². The van der Waals surface area contributed by atoms with Crippen LogP contribution in [0.25, 0.3) is 0 Å². The van der Waals surface area contributed by atoms with E-state index < -0.39 is 0 Å². The average molecular weight is 307 g/mol. The fourth-order valence-electron chi connectivity index (χ4n) is 0.879. The van der Waals surface area contributed by atoms with Crippen LogP contribution >= 0.6 is 22.6 Å². The molecule has 0 aromatic carbocycles. The molecule has 0 saturated heterocycles. The first kappa shape index (κ1) is 11.5. The summed E-state index contributed by atoms with van der Waals surface area (Å²) < 4.78 is 0.603. The molecule has 0 aliphatic rings. The summed E-state index contributed by atoms with van der Waals surface area (Å²) in [6.07, 6.45) is 2.39. The lowest BCUT2D eigenvalue weighted by Crippen LogP contribution is -2.31. The molecule has 1 heterocycles. The average Bonchev–Trinajstić information content (AvgIpc) is 2.13. The summed E-state index contributed by atoms with van der Waals surface area (Å²) in [5.74, 6) is 0.654. The standard InChI is InChI=1S/C9H14IN3O/c1-4-9(2,3)13-7-6(10)8(14)12-5-11-7/h5H,4H2,1-3H3,(H2,11,12,13,14). The van der Waals surface area contributed by atoms with Crippen LogP contribution < -0.4 is 10.9 Å². The van der Waals surface area contributed by atoms with Gasteiger partial charge in [0.15, 0.2) is 0 Å². The molecule has 0 aliphatic carbocycles. The third-order valence-corrected chi connectivity index (χ3v) is 3.14. The number of rotatable bonds is 3. The second-order valence-electron chi connectivity index (χ2n) is 3.76. The van der Waals surface area contributed by atoms with Crippen molar-refractivity contribution in [2.45, 2.75) is 32.7 Å². The molecule has 0 radical (unpaired) electrons. The van der Waals surface area contributed by atoms with E-state index in [1.807, 2.05) is 22.6 Å². The summed E-state index contributed by atoms with van der Waals surface area (Å²) in [4.78, 5) is 17.9. The fourth-order valence-corrected chi connectivity index (χ4v) is 1.31. The van der Waals surface area contributed by atoms with Crippen LogP contribution in [0.3, 0.4) is 0 Å². The first-order valence-electron chi connectivity index (χ1n) is 4.47. The minimum absolute atomic E-state index is 0.0410. The first-order chi connectivity index (χ1) is 6.46. The molecular formula is C9H14IN3O. The van der Waals surface area contributed by atoms with Crippen LogP contribution in [-0.2, 0) is 0 Å². The molecule has 0 spiro atoms. The van der Waals surface area contributed by atoms with Crippen molar-refractivity contribution < 1.29 is 0 Å². The molecule has 1 aromatic heterocycles. The largest absolute Gasteiger partial charge is 0.364 e. The van der Waals surface area contributed by atoms with Crippen molar-refractivity contribution in [3.63, 3.8) is 0 Å². The summed E-state index contributed by atoms with van der Waals surface area (Å²) in [7, 11) is 0. The van der Waals surface area contributed by atoms with Crippen LogP contribution in [0.5, 0.6) is 0 Å². The Bertz CT molecular complexity index is 373. The Balaban J connectivity index is 2.98. The van der Waals surface area contributed by atoms with E-state index in [9.17, 15) is 4.79 Å². The molecule has 1 aromatic rings. The fraction of sp³-hybridized carbons (Fsp3) is 0.556. The van der Waals surface area contributed by atoms with Crippen molar-refractivity contribution in [1.82, 2.24) is 9.97 Å². The number of H-pyrrole nitrogens is 1. The van der Waals surface area contributed by atoms with E-state index in [1.165, 1.54) is 6.33 Å². The molecule has 5 heteroatoms. The highest BCUT2D eigenvalue weighted by Gasteiger charge is 2.17. The SMILES string of the molecule is CCC(C)(C)Nc1nc[nH]c(=O)c1I. The predicted molar refractivity (Wildman–Crippen MR) is 65.6 cm³/mol. The van der Waals surface area contributed by atoms with Crippen molar-refractivity contribution in [2.24, 2.45) is 0 Å². The Kier molecular flexibility index (Phi) is 3.52. The van der Waals surface area contributed by atoms with Gasteiger partial charge in [-0.05, 0) is 42.9 Å². The Morgan fingerprint density at radius 2 is 2.29 bits per heavy atom. The molecule has 0 fully saturated rings. The quantitative estimate of drug-likeness (QED) is 0.840. The monoisotopic (exact) mass is 307 g/mol. The minimum Gasteiger partial charge on any atom is -0.364 e. The molecule has 0 bridgehead atoms. The van der Waals surface area contributed by atoms with E-state index in [4.69, 9.17) is 0 Å². The maximum Gasteiger partial charge on any atom is 0.266 e. The maximum absolute atomic E-state index is 11.3. The highest BCUT2D eigenvalue weighted by atomic mass is 127. The Labute approximate surface area is 96.7 Å². The van der Waals surface area contributed by atoms with Gasteiger partial charge < -0.3 is 10.3 Å². The lowest BCUT2D eigenvalue weighted by atomic mass is 10.0. The second kappa shape index (κ2) is 4.29. The van der Waals surface area contributed by atoms with Crippen LogP contribution in [0.2, 0.25) is 0 Å². The molecule has 4 nitrogen and oxygen atoms in total. The van der Waals surface area contributed by atoms with Crippen LogP contribution in [0.1, 0.15) is 27.2 Å². The van der Waals surface area contributed by atoms with Gasteiger partial charge in [0.2, 0.25) is 0 Å². The molecule has 0 saturated carbocycles. The van der Waals surface area contributed by atoms with E-state index in [2.05, 4.69) is 36.1 Å². The highest BCUT2D eigenvalue weighted by Crippen LogP contribution is 2.17. The number of aromatic amines is 1. The van der Waals surface area contributed by atoms with Crippen LogP contribution in [-0.4, -0.2) is 15.5 Å². The molecule has 0 unspecified atom stereocenters. The van der Waals surface area contributed by atoms with Gasteiger partial charge in [0.05, 0.1) is 6.33 Å². The highest BCUT2D eigenvalue weighted by molar-refractivity contribution is 14.1. The maximum atomic E-state index is 11.3. The molecule has 0 amide bonds. The molecule has 0 aliphatic heterocycles. The van der Waals surface area contributed by atoms with Gasteiger partial charge in [-0.2, -0.15) is 0 Å². The number of hydrogen-bond donors (Lipinski definition) is 2. The second-order valence-corrected chi connectivity index (χ2v) is 4.84. The molecule has 0 atom stereocenters. The normalized spacial score (nSPS) is 11.4. The van der Waals surface area contributed by atoms with Gasteiger partial charge in [-0.3, -0.25) is 4.79 Å². The van der Waals surface area contributed by atoms with Crippen molar-refractivity contribution in [1.29, 1.82) is 0 Å². The molecule has 78 valence electrons. The Hall–Kier alpha value is -0.590. The van der Waals surface area contributed by atoms with Gasteiger partial charge in [0, 0.05) is 5.54 Å². The summed E-state index contributed by atoms with van der Waals surface area (Å²) in [6, 6.07) is 0. The van der Waals surface area contributed by atoms with E-state index in [0.29, 0.717) is 9.39 Å². The molecule has 14 heavy (non-hydrogen) atoms. The number of halogens is 1. The molecular weight excluding hydrogens is 293 g/mol. The summed E-state index contributed by atoms with van der Waals surface area (Å²) in [5, 5.41) is 3.24. The number of anilines is 1. The zero-order chi connectivity index (χ0) is 10.8. The van der Waals surface area contributed by atoms with Crippen molar-refractivity contribution in [3.05, 3.63) is 20.3 Å². The number of hydrogen-bond acceptors (Lipinski definition) is 3. The third-order valence-electron chi connectivity index (χ3n) is 2.14. The van der Waals surface area contributed by atoms with Crippen molar-refractivity contribution in [2.75, 3.05) is 5.32 Å².